The molecule has 1 aromatic carbocycles. The number of ether oxygens (including phenoxy) is 4. The van der Waals surface area contributed by atoms with Crippen LogP contribution in [0.3, 0.4) is 0 Å². The molecule has 2 N–H and O–H groups in total. The normalized spacial score (nSPS) is 11.0. The van der Waals surface area contributed by atoms with Gasteiger partial charge in [-0.2, -0.15) is 0 Å². The van der Waals surface area contributed by atoms with Crippen molar-refractivity contribution in [3.63, 3.8) is 0 Å². The highest BCUT2D eigenvalue weighted by Crippen LogP contribution is 1.97. The molecule has 9 heteroatoms. The average Bonchev–Trinajstić information content (AvgIpc) is 2.81. The molecule has 0 aromatic heterocycles. The largest absolute Gasteiger partial charge is 0.379 e. The fourth-order valence-corrected chi connectivity index (χ4v) is 2.66. The molecule has 0 aliphatic heterocycles. The van der Waals surface area contributed by atoms with Crippen molar-refractivity contribution in [3.8, 4) is 0 Å². The second-order valence-corrected chi connectivity index (χ2v) is 7.30. The number of alkyl halides is 1. The second-order valence-electron chi connectivity index (χ2n) is 6.65. The first-order chi connectivity index (χ1) is 15.7. The predicted molar refractivity (Wildman–Crippen MR) is 127 cm³/mol. The minimum Gasteiger partial charge on any atom is -0.379 e. The first-order valence-electron chi connectivity index (χ1n) is 10.8. The summed E-state index contributed by atoms with van der Waals surface area (Å²) in [5, 5.41) is 6.37. The van der Waals surface area contributed by atoms with E-state index in [0.717, 1.165) is 10.9 Å². The number of allylic oxidation sites excluding steroid dienone is 1. The van der Waals surface area contributed by atoms with Crippen LogP contribution >= 0.6 is 15.9 Å². The summed E-state index contributed by atoms with van der Waals surface area (Å²) >= 11 is 3.30. The zero-order valence-corrected chi connectivity index (χ0v) is 20.1. The Morgan fingerprint density at radius 3 is 2.00 bits per heavy atom. The van der Waals surface area contributed by atoms with E-state index in [0.29, 0.717) is 65.9 Å². The molecule has 0 aliphatic carbocycles. The number of carbonyl (C=O) groups excluding carboxylic acids is 2. The van der Waals surface area contributed by atoms with Crippen LogP contribution in [-0.2, 0) is 35.1 Å². The minimum absolute atomic E-state index is 0.0958. The van der Waals surface area contributed by atoms with Gasteiger partial charge < -0.3 is 29.6 Å². The Morgan fingerprint density at radius 1 is 0.750 bits per heavy atom. The Bertz CT molecular complexity index is 630. The number of amides is 2. The van der Waals surface area contributed by atoms with Crippen LogP contribution in [0.25, 0.3) is 0 Å². The van der Waals surface area contributed by atoms with Crippen molar-refractivity contribution in [2.45, 2.75) is 19.4 Å². The van der Waals surface area contributed by atoms with Crippen molar-refractivity contribution in [3.05, 3.63) is 48.0 Å². The summed E-state index contributed by atoms with van der Waals surface area (Å²) in [5.41, 5.74) is 1.04. The summed E-state index contributed by atoms with van der Waals surface area (Å²) in [7, 11) is 0. The van der Waals surface area contributed by atoms with E-state index in [1.165, 1.54) is 0 Å². The number of rotatable bonds is 20. The first kappa shape index (κ1) is 28.3. The predicted octanol–water partition coefficient (Wildman–Crippen LogP) is 2.22. The summed E-state index contributed by atoms with van der Waals surface area (Å²) in [4.78, 5) is 23.5. The highest BCUT2D eigenvalue weighted by Gasteiger charge is 2.04. The van der Waals surface area contributed by atoms with E-state index < -0.39 is 0 Å². The number of carbonyl (C=O) groups is 2. The van der Waals surface area contributed by atoms with Gasteiger partial charge in [0, 0.05) is 31.3 Å². The zero-order valence-electron chi connectivity index (χ0n) is 18.6. The molecule has 0 saturated heterocycles. The van der Waals surface area contributed by atoms with Gasteiger partial charge >= 0.3 is 0 Å². The summed E-state index contributed by atoms with van der Waals surface area (Å²) in [5.74, 6) is -0.235. The maximum Gasteiger partial charge on any atom is 0.222 e. The van der Waals surface area contributed by atoms with E-state index in [2.05, 4.69) is 26.6 Å². The molecular formula is C23H35BrN2O6. The Kier molecular flexibility index (Phi) is 18.6. The van der Waals surface area contributed by atoms with Crippen molar-refractivity contribution in [1.29, 1.82) is 0 Å². The number of halogens is 1. The summed E-state index contributed by atoms with van der Waals surface area (Å²) in [6.07, 6.45) is 4.43. The summed E-state index contributed by atoms with van der Waals surface area (Å²) in [6.45, 7) is 4.63. The van der Waals surface area contributed by atoms with Crippen LogP contribution in [0, 0.1) is 0 Å². The maximum absolute atomic E-state index is 11.8. The average molecular weight is 515 g/mol. The van der Waals surface area contributed by atoms with E-state index in [4.69, 9.17) is 18.9 Å². The molecule has 0 bridgehead atoms. The fourth-order valence-electron chi connectivity index (χ4n) is 2.40. The molecule has 0 unspecified atom stereocenters. The van der Waals surface area contributed by atoms with Crippen LogP contribution in [0.5, 0.6) is 0 Å². The molecule has 0 heterocycles. The molecule has 180 valence electrons. The molecule has 0 spiro atoms. The lowest BCUT2D eigenvalue weighted by Gasteiger charge is -2.08. The second kappa shape index (κ2) is 21.1. The number of hydrogen-bond donors (Lipinski definition) is 2. The third-order valence-electron chi connectivity index (χ3n) is 4.07. The minimum atomic E-state index is -0.139. The Balaban J connectivity index is 1.81. The number of nitrogens with one attached hydrogen (secondary N) is 2. The molecule has 0 radical (unpaired) electrons. The summed E-state index contributed by atoms with van der Waals surface area (Å²) < 4.78 is 21.5. The van der Waals surface area contributed by atoms with Crippen LogP contribution < -0.4 is 10.6 Å². The van der Waals surface area contributed by atoms with Gasteiger partial charge in [-0.15, -0.1) is 0 Å². The quantitative estimate of drug-likeness (QED) is 0.157. The van der Waals surface area contributed by atoms with Crippen LogP contribution in [-0.4, -0.2) is 76.5 Å². The molecule has 32 heavy (non-hydrogen) atoms. The highest BCUT2D eigenvalue weighted by atomic mass is 79.9. The van der Waals surface area contributed by atoms with Gasteiger partial charge in [0.25, 0.3) is 0 Å². The SMILES string of the molecule is O=C(CCOCCOCCOCCOC/C=C/CBr)NCCC(=O)NCc1ccccc1. The van der Waals surface area contributed by atoms with Gasteiger partial charge in [0.05, 0.1) is 52.9 Å². The standard InChI is InChI=1S/C23H35BrN2O6/c24-10-4-5-12-29-14-16-31-18-19-32-17-15-30-13-9-23(28)25-11-8-22(27)26-20-21-6-2-1-3-7-21/h1-7H,8-20H2,(H,25,28)(H,26,27)/b5-4+. The molecule has 1 aromatic rings. The van der Waals surface area contributed by atoms with E-state index in [-0.39, 0.29) is 24.7 Å². The van der Waals surface area contributed by atoms with Crippen LogP contribution in [0.15, 0.2) is 42.5 Å². The van der Waals surface area contributed by atoms with Crippen molar-refractivity contribution in [2.24, 2.45) is 0 Å². The van der Waals surface area contributed by atoms with E-state index in [1.54, 1.807) is 0 Å². The van der Waals surface area contributed by atoms with E-state index in [1.807, 2.05) is 42.5 Å². The number of hydrogen-bond acceptors (Lipinski definition) is 6. The van der Waals surface area contributed by atoms with Gasteiger partial charge in [0.1, 0.15) is 0 Å². The highest BCUT2D eigenvalue weighted by molar-refractivity contribution is 9.09. The van der Waals surface area contributed by atoms with Gasteiger partial charge in [-0.1, -0.05) is 58.4 Å². The Hall–Kier alpha value is -1.78. The molecular weight excluding hydrogens is 480 g/mol. The number of benzene rings is 1. The van der Waals surface area contributed by atoms with Crippen molar-refractivity contribution < 1.29 is 28.5 Å². The zero-order chi connectivity index (χ0) is 23.1. The van der Waals surface area contributed by atoms with Crippen molar-refractivity contribution in [2.75, 3.05) is 64.7 Å². The van der Waals surface area contributed by atoms with Gasteiger partial charge in [-0.25, -0.2) is 0 Å². The molecule has 2 amide bonds. The lowest BCUT2D eigenvalue weighted by atomic mass is 10.2. The van der Waals surface area contributed by atoms with Crippen molar-refractivity contribution in [1.82, 2.24) is 10.6 Å². The molecule has 0 atom stereocenters. The van der Waals surface area contributed by atoms with Gasteiger partial charge in [0.2, 0.25) is 11.8 Å². The Morgan fingerprint density at radius 2 is 1.34 bits per heavy atom. The fraction of sp³-hybridized carbons (Fsp3) is 0.565. The molecule has 0 fully saturated rings. The monoisotopic (exact) mass is 514 g/mol. The van der Waals surface area contributed by atoms with Crippen molar-refractivity contribution >= 4 is 27.7 Å². The van der Waals surface area contributed by atoms with Crippen LogP contribution in [0.1, 0.15) is 18.4 Å². The molecule has 8 nitrogen and oxygen atoms in total. The van der Waals surface area contributed by atoms with E-state index >= 15 is 0 Å². The topological polar surface area (TPSA) is 95.1 Å². The van der Waals surface area contributed by atoms with Gasteiger partial charge in [-0.05, 0) is 5.56 Å². The first-order valence-corrected chi connectivity index (χ1v) is 11.9. The summed E-state index contributed by atoms with van der Waals surface area (Å²) in [6, 6.07) is 9.68. The lowest BCUT2D eigenvalue weighted by molar-refractivity contribution is -0.123. The Labute approximate surface area is 199 Å². The third kappa shape index (κ3) is 17.9. The van der Waals surface area contributed by atoms with Gasteiger partial charge in [-0.3, -0.25) is 9.59 Å². The third-order valence-corrected chi connectivity index (χ3v) is 4.44. The van der Waals surface area contributed by atoms with E-state index in [9.17, 15) is 9.59 Å². The lowest BCUT2D eigenvalue weighted by Crippen LogP contribution is -2.31. The smallest absolute Gasteiger partial charge is 0.222 e. The van der Waals surface area contributed by atoms with Gasteiger partial charge in [0.15, 0.2) is 0 Å². The van der Waals surface area contributed by atoms with Crippen LogP contribution in [0.2, 0.25) is 0 Å². The maximum atomic E-state index is 11.8. The molecule has 1 rings (SSSR count). The molecule has 0 aliphatic rings. The van der Waals surface area contributed by atoms with Crippen LogP contribution in [0.4, 0.5) is 0 Å². The molecule has 0 saturated carbocycles.